The number of anilines is 1. The van der Waals surface area contributed by atoms with Gasteiger partial charge in [-0.15, -0.1) is 0 Å². The highest BCUT2D eigenvalue weighted by atomic mass is 19.4. The van der Waals surface area contributed by atoms with Crippen molar-refractivity contribution in [2.75, 3.05) is 5.32 Å². The molecule has 122 valence electrons. The summed E-state index contributed by atoms with van der Waals surface area (Å²) >= 11 is 0. The minimum absolute atomic E-state index is 0.114. The summed E-state index contributed by atoms with van der Waals surface area (Å²) in [5, 5.41) is 6.48. The van der Waals surface area contributed by atoms with E-state index < -0.39 is 17.6 Å². The Morgan fingerprint density at radius 1 is 1.08 bits per heavy atom. The summed E-state index contributed by atoms with van der Waals surface area (Å²) in [7, 11) is 0. The fourth-order valence-electron chi connectivity index (χ4n) is 1.94. The zero-order valence-corrected chi connectivity index (χ0v) is 12.0. The van der Waals surface area contributed by atoms with E-state index in [-0.39, 0.29) is 5.56 Å². The van der Waals surface area contributed by atoms with Crippen molar-refractivity contribution >= 4 is 11.6 Å². The summed E-state index contributed by atoms with van der Waals surface area (Å²) < 4.78 is 39.0. The molecule has 0 atom stereocenters. The lowest BCUT2D eigenvalue weighted by Gasteiger charge is -2.08. The molecule has 1 N–H and O–H groups in total. The number of aromatic nitrogens is 4. The van der Waals surface area contributed by atoms with Crippen molar-refractivity contribution in [2.24, 2.45) is 0 Å². The lowest BCUT2D eigenvalue weighted by Crippen LogP contribution is -2.13. The van der Waals surface area contributed by atoms with Crippen LogP contribution >= 0.6 is 0 Å². The Labute approximate surface area is 134 Å². The molecule has 2 aromatic heterocycles. The van der Waals surface area contributed by atoms with Crippen LogP contribution < -0.4 is 5.32 Å². The molecule has 0 aliphatic carbocycles. The SMILES string of the molecule is O=C(Nc1ccc(-n2cncn2)nc1)c1ccc(C(F)(F)F)cc1. The molecule has 3 aromatic rings. The molecule has 6 nitrogen and oxygen atoms in total. The van der Waals surface area contributed by atoms with E-state index in [2.05, 4.69) is 20.4 Å². The van der Waals surface area contributed by atoms with Gasteiger partial charge in [-0.05, 0) is 36.4 Å². The van der Waals surface area contributed by atoms with Crippen LogP contribution in [0.15, 0.2) is 55.2 Å². The quantitative estimate of drug-likeness (QED) is 0.800. The number of carbonyl (C=O) groups is 1. The van der Waals surface area contributed by atoms with Crippen LogP contribution in [0.1, 0.15) is 15.9 Å². The third-order valence-electron chi connectivity index (χ3n) is 3.13. The molecular formula is C15H10F3N5O. The van der Waals surface area contributed by atoms with Crippen LogP contribution in [0.2, 0.25) is 0 Å². The molecule has 0 unspecified atom stereocenters. The smallest absolute Gasteiger partial charge is 0.321 e. The Morgan fingerprint density at radius 3 is 2.38 bits per heavy atom. The molecule has 3 rings (SSSR count). The Morgan fingerprint density at radius 2 is 1.83 bits per heavy atom. The molecule has 0 fully saturated rings. The summed E-state index contributed by atoms with van der Waals surface area (Å²) in [6.45, 7) is 0. The van der Waals surface area contributed by atoms with Crippen LogP contribution in [0.25, 0.3) is 5.82 Å². The summed E-state index contributed by atoms with van der Waals surface area (Å²) in [5.74, 6) is -0.0148. The van der Waals surface area contributed by atoms with Gasteiger partial charge in [0.1, 0.15) is 12.7 Å². The number of carbonyl (C=O) groups excluding carboxylic acids is 1. The lowest BCUT2D eigenvalue weighted by molar-refractivity contribution is -0.137. The van der Waals surface area contributed by atoms with Crippen LogP contribution in [0.5, 0.6) is 0 Å². The minimum Gasteiger partial charge on any atom is -0.321 e. The molecule has 0 saturated heterocycles. The molecule has 2 heterocycles. The van der Waals surface area contributed by atoms with E-state index in [0.29, 0.717) is 11.5 Å². The fourth-order valence-corrected chi connectivity index (χ4v) is 1.94. The zero-order chi connectivity index (χ0) is 17.2. The molecule has 0 spiro atoms. The average molecular weight is 333 g/mol. The number of nitrogens with zero attached hydrogens (tertiary/aromatic N) is 4. The predicted octanol–water partition coefficient (Wildman–Crippen LogP) is 2.93. The Kier molecular flexibility index (Phi) is 3.98. The predicted molar refractivity (Wildman–Crippen MR) is 78.6 cm³/mol. The van der Waals surface area contributed by atoms with E-state index in [1.165, 1.54) is 23.5 Å². The fraction of sp³-hybridized carbons (Fsp3) is 0.0667. The van der Waals surface area contributed by atoms with E-state index in [9.17, 15) is 18.0 Å². The summed E-state index contributed by atoms with van der Waals surface area (Å²) in [6.07, 6.45) is -0.181. The first-order valence-corrected chi connectivity index (χ1v) is 6.73. The molecule has 0 aliphatic heterocycles. The van der Waals surface area contributed by atoms with Crippen molar-refractivity contribution in [3.05, 3.63) is 66.4 Å². The monoisotopic (exact) mass is 333 g/mol. The molecule has 0 radical (unpaired) electrons. The number of nitrogens with one attached hydrogen (secondary N) is 1. The number of benzene rings is 1. The molecule has 0 saturated carbocycles. The second kappa shape index (κ2) is 6.11. The summed E-state index contributed by atoms with van der Waals surface area (Å²) in [5.41, 5.74) is -0.287. The topological polar surface area (TPSA) is 72.7 Å². The van der Waals surface area contributed by atoms with Gasteiger partial charge in [0, 0.05) is 5.56 Å². The van der Waals surface area contributed by atoms with Gasteiger partial charge in [-0.1, -0.05) is 0 Å². The molecule has 0 bridgehead atoms. The Bertz CT molecular complexity index is 827. The van der Waals surface area contributed by atoms with Gasteiger partial charge in [-0.25, -0.2) is 14.6 Å². The lowest BCUT2D eigenvalue weighted by atomic mass is 10.1. The maximum atomic E-state index is 12.5. The molecular weight excluding hydrogens is 323 g/mol. The number of amides is 1. The zero-order valence-electron chi connectivity index (χ0n) is 12.0. The van der Waals surface area contributed by atoms with Gasteiger partial charge in [0.05, 0.1) is 17.4 Å². The van der Waals surface area contributed by atoms with E-state index in [1.807, 2.05) is 0 Å². The minimum atomic E-state index is -4.43. The highest BCUT2D eigenvalue weighted by molar-refractivity contribution is 6.04. The van der Waals surface area contributed by atoms with Gasteiger partial charge in [0.15, 0.2) is 5.82 Å². The number of hydrogen-bond donors (Lipinski definition) is 1. The second-order valence-electron chi connectivity index (χ2n) is 4.77. The number of pyridine rings is 1. The van der Waals surface area contributed by atoms with Crippen molar-refractivity contribution in [1.29, 1.82) is 0 Å². The number of hydrogen-bond acceptors (Lipinski definition) is 4. The largest absolute Gasteiger partial charge is 0.416 e. The van der Waals surface area contributed by atoms with Crippen molar-refractivity contribution in [3.8, 4) is 5.82 Å². The first-order chi connectivity index (χ1) is 11.4. The van der Waals surface area contributed by atoms with Gasteiger partial charge in [0.2, 0.25) is 0 Å². The summed E-state index contributed by atoms with van der Waals surface area (Å²) in [4.78, 5) is 19.9. The van der Waals surface area contributed by atoms with E-state index in [4.69, 9.17) is 0 Å². The second-order valence-corrected chi connectivity index (χ2v) is 4.77. The number of halogens is 3. The van der Waals surface area contributed by atoms with E-state index in [1.54, 1.807) is 12.1 Å². The third kappa shape index (κ3) is 3.40. The normalized spacial score (nSPS) is 11.3. The van der Waals surface area contributed by atoms with E-state index in [0.717, 1.165) is 24.3 Å². The standard InChI is InChI=1S/C15H10F3N5O/c16-15(17,18)11-3-1-10(2-4-11)14(24)22-12-5-6-13(20-7-12)23-9-19-8-21-23/h1-9H,(H,22,24). The van der Waals surface area contributed by atoms with Crippen LogP contribution in [0.3, 0.4) is 0 Å². The van der Waals surface area contributed by atoms with Gasteiger partial charge >= 0.3 is 6.18 Å². The highest BCUT2D eigenvalue weighted by Gasteiger charge is 2.30. The number of rotatable bonds is 3. The first kappa shape index (κ1) is 15.7. The molecule has 9 heteroatoms. The van der Waals surface area contributed by atoms with Gasteiger partial charge < -0.3 is 5.32 Å². The maximum absolute atomic E-state index is 12.5. The van der Waals surface area contributed by atoms with Crippen LogP contribution in [-0.2, 0) is 6.18 Å². The molecule has 1 aromatic carbocycles. The van der Waals surface area contributed by atoms with Gasteiger partial charge in [-0.3, -0.25) is 4.79 Å². The van der Waals surface area contributed by atoms with Crippen LogP contribution in [0.4, 0.5) is 18.9 Å². The Hall–Kier alpha value is -3.23. The van der Waals surface area contributed by atoms with Crippen molar-refractivity contribution in [1.82, 2.24) is 19.7 Å². The van der Waals surface area contributed by atoms with Crippen molar-refractivity contribution in [3.63, 3.8) is 0 Å². The van der Waals surface area contributed by atoms with Crippen molar-refractivity contribution < 1.29 is 18.0 Å². The van der Waals surface area contributed by atoms with E-state index >= 15 is 0 Å². The average Bonchev–Trinajstić information content (AvgIpc) is 3.09. The molecule has 24 heavy (non-hydrogen) atoms. The highest BCUT2D eigenvalue weighted by Crippen LogP contribution is 2.29. The molecule has 0 aliphatic rings. The van der Waals surface area contributed by atoms with Crippen LogP contribution in [-0.4, -0.2) is 25.7 Å². The number of alkyl halides is 3. The van der Waals surface area contributed by atoms with Crippen molar-refractivity contribution in [2.45, 2.75) is 6.18 Å². The van der Waals surface area contributed by atoms with Gasteiger partial charge in [-0.2, -0.15) is 18.3 Å². The molecule has 1 amide bonds. The summed E-state index contributed by atoms with van der Waals surface area (Å²) in [6, 6.07) is 7.19. The maximum Gasteiger partial charge on any atom is 0.416 e. The van der Waals surface area contributed by atoms with Crippen LogP contribution in [0, 0.1) is 0 Å². The third-order valence-corrected chi connectivity index (χ3v) is 3.13. The van der Waals surface area contributed by atoms with Gasteiger partial charge in [0.25, 0.3) is 5.91 Å². The first-order valence-electron chi connectivity index (χ1n) is 6.73. The Balaban J connectivity index is 1.70.